The average molecular weight is 265 g/mol. The maximum absolute atomic E-state index is 11.6. The van der Waals surface area contributed by atoms with Crippen molar-refractivity contribution in [3.63, 3.8) is 0 Å². The van der Waals surface area contributed by atoms with Gasteiger partial charge in [0.05, 0.1) is 5.69 Å². The number of aryl methyl sites for hydroxylation is 1. The molecule has 98 valence electrons. The first-order valence-electron chi connectivity index (χ1n) is 6.40. The van der Waals surface area contributed by atoms with Crippen LogP contribution in [0.5, 0.6) is 0 Å². The molecule has 0 unspecified atom stereocenters. The summed E-state index contributed by atoms with van der Waals surface area (Å²) < 4.78 is 0. The molecule has 2 rings (SSSR count). The van der Waals surface area contributed by atoms with Crippen molar-refractivity contribution in [3.05, 3.63) is 23.3 Å². The Bertz CT molecular complexity index is 422. The molecule has 2 N–H and O–H groups in total. The molecule has 5 heteroatoms. The van der Waals surface area contributed by atoms with Crippen molar-refractivity contribution in [3.8, 4) is 0 Å². The predicted molar refractivity (Wildman–Crippen MR) is 74.7 cm³/mol. The van der Waals surface area contributed by atoms with Crippen LogP contribution in [0.15, 0.2) is 17.7 Å². The van der Waals surface area contributed by atoms with E-state index in [9.17, 15) is 4.79 Å². The largest absolute Gasteiger partial charge is 0.324 e. The third kappa shape index (κ3) is 4.14. The number of nitrogens with one attached hydrogen (secondary N) is 2. The van der Waals surface area contributed by atoms with Gasteiger partial charge in [-0.1, -0.05) is 25.3 Å². The van der Waals surface area contributed by atoms with E-state index in [-0.39, 0.29) is 6.03 Å². The molecule has 0 saturated heterocycles. The number of nitrogens with zero attached hydrogens (tertiary/aromatic N) is 1. The van der Waals surface area contributed by atoms with Gasteiger partial charge in [0.25, 0.3) is 0 Å². The number of thiazole rings is 1. The SMILES string of the molecule is Cc1csc(NC(=O)N/C=C/C2CCCCC2)n1. The zero-order valence-corrected chi connectivity index (χ0v) is 11.4. The van der Waals surface area contributed by atoms with Crippen molar-refractivity contribution >= 4 is 22.5 Å². The molecule has 1 aromatic heterocycles. The summed E-state index contributed by atoms with van der Waals surface area (Å²) in [5, 5.41) is 7.98. The number of allylic oxidation sites excluding steroid dienone is 1. The normalized spacial score (nSPS) is 16.9. The van der Waals surface area contributed by atoms with Gasteiger partial charge in [0, 0.05) is 11.6 Å². The summed E-state index contributed by atoms with van der Waals surface area (Å²) in [5.74, 6) is 0.626. The summed E-state index contributed by atoms with van der Waals surface area (Å²) in [5.41, 5.74) is 0.924. The fraction of sp³-hybridized carbons (Fsp3) is 0.538. The Kier molecular flexibility index (Phi) is 4.75. The van der Waals surface area contributed by atoms with E-state index in [1.165, 1.54) is 43.4 Å². The highest BCUT2D eigenvalue weighted by Gasteiger charge is 2.09. The predicted octanol–water partition coefficient (Wildman–Crippen LogP) is 3.67. The van der Waals surface area contributed by atoms with Crippen LogP contribution in [-0.2, 0) is 0 Å². The molecular formula is C13H19N3OS. The molecule has 18 heavy (non-hydrogen) atoms. The van der Waals surface area contributed by atoms with Crippen molar-refractivity contribution in [2.75, 3.05) is 5.32 Å². The summed E-state index contributed by atoms with van der Waals surface area (Å²) in [6.45, 7) is 1.91. The molecule has 1 heterocycles. The van der Waals surface area contributed by atoms with Gasteiger partial charge >= 0.3 is 6.03 Å². The Labute approximate surface area is 112 Å². The van der Waals surface area contributed by atoms with Gasteiger partial charge in [-0.25, -0.2) is 9.78 Å². The van der Waals surface area contributed by atoms with Crippen molar-refractivity contribution in [1.82, 2.24) is 10.3 Å². The van der Waals surface area contributed by atoms with Crippen LogP contribution >= 0.6 is 11.3 Å². The van der Waals surface area contributed by atoms with E-state index in [2.05, 4.69) is 21.7 Å². The zero-order chi connectivity index (χ0) is 12.8. The van der Waals surface area contributed by atoms with Crippen LogP contribution < -0.4 is 10.6 Å². The third-order valence-corrected chi connectivity index (χ3v) is 3.95. The van der Waals surface area contributed by atoms with Gasteiger partial charge in [0.15, 0.2) is 5.13 Å². The molecule has 1 aliphatic rings. The smallest absolute Gasteiger partial charge is 0.315 e. The summed E-state index contributed by atoms with van der Waals surface area (Å²) in [6, 6.07) is -0.226. The highest BCUT2D eigenvalue weighted by molar-refractivity contribution is 7.13. The lowest BCUT2D eigenvalue weighted by atomic mass is 9.89. The van der Waals surface area contributed by atoms with E-state index >= 15 is 0 Å². The second kappa shape index (κ2) is 6.54. The average Bonchev–Trinajstić information content (AvgIpc) is 2.76. The van der Waals surface area contributed by atoms with Crippen LogP contribution in [-0.4, -0.2) is 11.0 Å². The molecule has 2 amide bonds. The maximum Gasteiger partial charge on any atom is 0.324 e. The maximum atomic E-state index is 11.6. The molecule has 0 bridgehead atoms. The van der Waals surface area contributed by atoms with Crippen LogP contribution in [0.25, 0.3) is 0 Å². The first-order chi connectivity index (χ1) is 8.74. The van der Waals surface area contributed by atoms with Gasteiger partial charge in [-0.3, -0.25) is 5.32 Å². The van der Waals surface area contributed by atoms with E-state index in [0.29, 0.717) is 11.0 Å². The minimum absolute atomic E-state index is 0.226. The van der Waals surface area contributed by atoms with Crippen molar-refractivity contribution in [1.29, 1.82) is 0 Å². The van der Waals surface area contributed by atoms with E-state index in [1.54, 1.807) is 6.20 Å². The fourth-order valence-electron chi connectivity index (χ4n) is 2.13. The zero-order valence-electron chi connectivity index (χ0n) is 10.6. The van der Waals surface area contributed by atoms with E-state index in [0.717, 1.165) is 5.69 Å². The van der Waals surface area contributed by atoms with Crippen LogP contribution in [0.1, 0.15) is 37.8 Å². The number of amides is 2. The van der Waals surface area contributed by atoms with Gasteiger partial charge in [0.1, 0.15) is 0 Å². The first-order valence-corrected chi connectivity index (χ1v) is 7.28. The van der Waals surface area contributed by atoms with Gasteiger partial charge in [-0.05, 0) is 25.7 Å². The van der Waals surface area contributed by atoms with Crippen LogP contribution in [0, 0.1) is 12.8 Å². The van der Waals surface area contributed by atoms with Crippen molar-refractivity contribution in [2.45, 2.75) is 39.0 Å². The Morgan fingerprint density at radius 3 is 2.89 bits per heavy atom. The quantitative estimate of drug-likeness (QED) is 0.876. The fourth-order valence-corrected chi connectivity index (χ4v) is 2.81. The highest BCUT2D eigenvalue weighted by Crippen LogP contribution is 2.24. The van der Waals surface area contributed by atoms with Crippen LogP contribution in [0.2, 0.25) is 0 Å². The minimum Gasteiger partial charge on any atom is -0.315 e. The summed E-state index contributed by atoms with van der Waals surface area (Å²) in [7, 11) is 0. The first kappa shape index (κ1) is 13.1. The number of carbonyl (C=O) groups excluding carboxylic acids is 1. The molecule has 0 aliphatic heterocycles. The monoisotopic (exact) mass is 265 g/mol. The van der Waals surface area contributed by atoms with Crippen molar-refractivity contribution in [2.24, 2.45) is 5.92 Å². The summed E-state index contributed by atoms with van der Waals surface area (Å²) in [6.07, 6.45) is 10.3. The van der Waals surface area contributed by atoms with Gasteiger partial charge in [-0.15, -0.1) is 11.3 Å². The number of hydrogen-bond acceptors (Lipinski definition) is 3. The Balaban J connectivity index is 1.72. The van der Waals surface area contributed by atoms with Crippen molar-refractivity contribution < 1.29 is 4.79 Å². The molecular weight excluding hydrogens is 246 g/mol. The molecule has 1 aliphatic carbocycles. The molecule has 1 saturated carbocycles. The van der Waals surface area contributed by atoms with E-state index < -0.39 is 0 Å². The Morgan fingerprint density at radius 1 is 1.44 bits per heavy atom. The molecule has 1 fully saturated rings. The molecule has 4 nitrogen and oxygen atoms in total. The van der Waals surface area contributed by atoms with Crippen LogP contribution in [0.4, 0.5) is 9.93 Å². The topological polar surface area (TPSA) is 54.0 Å². The second-order valence-electron chi connectivity index (χ2n) is 4.65. The summed E-state index contributed by atoms with van der Waals surface area (Å²) in [4.78, 5) is 15.7. The highest BCUT2D eigenvalue weighted by atomic mass is 32.1. The molecule has 0 radical (unpaired) electrons. The van der Waals surface area contributed by atoms with E-state index in [4.69, 9.17) is 0 Å². The lowest BCUT2D eigenvalue weighted by Gasteiger charge is -2.17. The molecule has 0 atom stereocenters. The second-order valence-corrected chi connectivity index (χ2v) is 5.51. The number of aromatic nitrogens is 1. The summed E-state index contributed by atoms with van der Waals surface area (Å²) >= 11 is 1.43. The van der Waals surface area contributed by atoms with Gasteiger partial charge in [-0.2, -0.15) is 0 Å². The van der Waals surface area contributed by atoms with Gasteiger partial charge < -0.3 is 5.32 Å². The Morgan fingerprint density at radius 2 is 2.22 bits per heavy atom. The molecule has 0 aromatic carbocycles. The number of carbonyl (C=O) groups is 1. The lowest BCUT2D eigenvalue weighted by molar-refractivity contribution is 0.255. The van der Waals surface area contributed by atoms with Gasteiger partial charge in [0.2, 0.25) is 0 Å². The lowest BCUT2D eigenvalue weighted by Crippen LogP contribution is -2.24. The number of hydrogen-bond donors (Lipinski definition) is 2. The minimum atomic E-state index is -0.226. The third-order valence-electron chi connectivity index (χ3n) is 3.07. The molecule has 0 spiro atoms. The molecule has 1 aromatic rings. The Hall–Kier alpha value is -1.36. The van der Waals surface area contributed by atoms with Crippen LogP contribution in [0.3, 0.4) is 0 Å². The standard InChI is InChI=1S/C13H19N3OS/c1-10-9-18-13(15-10)16-12(17)14-8-7-11-5-3-2-4-6-11/h7-9,11H,2-6H2,1H3,(H2,14,15,16,17)/b8-7+. The number of rotatable bonds is 3. The van der Waals surface area contributed by atoms with E-state index in [1.807, 2.05) is 12.3 Å². The number of urea groups is 1. The number of anilines is 1.